The van der Waals surface area contributed by atoms with Crippen molar-refractivity contribution in [3.8, 4) is 6.01 Å². The maximum absolute atomic E-state index is 5.51. The summed E-state index contributed by atoms with van der Waals surface area (Å²) in [5.74, 6) is 1.17. The maximum Gasteiger partial charge on any atom is 0.323 e. The van der Waals surface area contributed by atoms with Gasteiger partial charge in [-0.2, -0.15) is 15.0 Å². The Morgan fingerprint density at radius 3 is 2.71 bits per heavy atom. The molecule has 2 rings (SSSR count). The second kappa shape index (κ2) is 8.58. The summed E-state index contributed by atoms with van der Waals surface area (Å²) in [5.41, 5.74) is 0. The van der Waals surface area contributed by atoms with Gasteiger partial charge in [-0.1, -0.05) is 6.92 Å². The van der Waals surface area contributed by atoms with Crippen LogP contribution in [0.1, 0.15) is 13.3 Å². The predicted octanol–water partition coefficient (Wildman–Crippen LogP) is 0.555. The zero-order valence-corrected chi connectivity index (χ0v) is 12.7. The summed E-state index contributed by atoms with van der Waals surface area (Å²) in [5, 5.41) is 3.17. The highest BCUT2D eigenvalue weighted by atomic mass is 16.5. The van der Waals surface area contributed by atoms with E-state index >= 15 is 0 Å². The third-order valence-corrected chi connectivity index (χ3v) is 2.95. The van der Waals surface area contributed by atoms with Crippen molar-refractivity contribution in [3.63, 3.8) is 0 Å². The van der Waals surface area contributed by atoms with E-state index in [2.05, 4.69) is 32.1 Å². The average Bonchev–Trinajstić information content (AvgIpc) is 2.54. The number of hydrogen-bond donors (Lipinski definition) is 1. The SMILES string of the molecule is CCCNc1nc(OCCOC)nc(N2CCOCC2)n1. The van der Waals surface area contributed by atoms with Gasteiger partial charge in [-0.05, 0) is 6.42 Å². The average molecular weight is 297 g/mol. The molecule has 2 heterocycles. The fourth-order valence-corrected chi connectivity index (χ4v) is 1.85. The van der Waals surface area contributed by atoms with Crippen LogP contribution in [0.4, 0.5) is 11.9 Å². The van der Waals surface area contributed by atoms with Crippen LogP contribution in [0.2, 0.25) is 0 Å². The quantitative estimate of drug-likeness (QED) is 0.697. The zero-order chi connectivity index (χ0) is 14.9. The molecule has 0 saturated carbocycles. The van der Waals surface area contributed by atoms with Crippen molar-refractivity contribution < 1.29 is 14.2 Å². The van der Waals surface area contributed by atoms with E-state index in [9.17, 15) is 0 Å². The molecule has 8 heteroatoms. The Hall–Kier alpha value is -1.67. The lowest BCUT2D eigenvalue weighted by Crippen LogP contribution is -2.37. The minimum absolute atomic E-state index is 0.321. The lowest BCUT2D eigenvalue weighted by molar-refractivity contribution is 0.121. The number of nitrogens with one attached hydrogen (secondary N) is 1. The fourth-order valence-electron chi connectivity index (χ4n) is 1.85. The van der Waals surface area contributed by atoms with E-state index in [4.69, 9.17) is 14.2 Å². The van der Waals surface area contributed by atoms with Crippen molar-refractivity contribution in [2.24, 2.45) is 0 Å². The summed E-state index contributed by atoms with van der Waals surface area (Å²) < 4.78 is 15.8. The molecular weight excluding hydrogens is 274 g/mol. The van der Waals surface area contributed by atoms with Gasteiger partial charge >= 0.3 is 6.01 Å². The lowest BCUT2D eigenvalue weighted by Gasteiger charge is -2.27. The van der Waals surface area contributed by atoms with Crippen LogP contribution in [0.5, 0.6) is 6.01 Å². The molecule has 21 heavy (non-hydrogen) atoms. The third-order valence-electron chi connectivity index (χ3n) is 2.95. The van der Waals surface area contributed by atoms with Crippen molar-refractivity contribution >= 4 is 11.9 Å². The Balaban J connectivity index is 2.10. The molecule has 1 saturated heterocycles. The third kappa shape index (κ3) is 4.98. The molecule has 0 aromatic carbocycles. The molecule has 0 atom stereocenters. The molecule has 0 amide bonds. The normalized spacial score (nSPS) is 15.0. The Bertz CT molecular complexity index is 426. The summed E-state index contributed by atoms with van der Waals surface area (Å²) in [4.78, 5) is 15.2. The molecule has 0 radical (unpaired) electrons. The van der Waals surface area contributed by atoms with Crippen LogP contribution in [0, 0.1) is 0 Å². The van der Waals surface area contributed by atoms with Gasteiger partial charge in [-0.15, -0.1) is 0 Å². The van der Waals surface area contributed by atoms with E-state index in [-0.39, 0.29) is 0 Å². The summed E-state index contributed by atoms with van der Waals surface area (Å²) >= 11 is 0. The van der Waals surface area contributed by atoms with Crippen LogP contribution >= 0.6 is 0 Å². The summed E-state index contributed by atoms with van der Waals surface area (Å²) in [6, 6.07) is 0.321. The smallest absolute Gasteiger partial charge is 0.323 e. The van der Waals surface area contributed by atoms with Gasteiger partial charge in [0.2, 0.25) is 11.9 Å². The molecule has 1 fully saturated rings. The van der Waals surface area contributed by atoms with Crippen LogP contribution in [-0.2, 0) is 9.47 Å². The van der Waals surface area contributed by atoms with E-state index in [0.29, 0.717) is 44.3 Å². The van der Waals surface area contributed by atoms with Crippen molar-refractivity contribution in [2.45, 2.75) is 13.3 Å². The monoisotopic (exact) mass is 297 g/mol. The molecule has 0 spiro atoms. The van der Waals surface area contributed by atoms with Crippen molar-refractivity contribution in [1.82, 2.24) is 15.0 Å². The summed E-state index contributed by atoms with van der Waals surface area (Å²) in [6.07, 6.45) is 0.998. The molecule has 0 aliphatic carbocycles. The van der Waals surface area contributed by atoms with Gasteiger partial charge in [0.25, 0.3) is 0 Å². The topological polar surface area (TPSA) is 81.6 Å². The Morgan fingerprint density at radius 1 is 1.19 bits per heavy atom. The zero-order valence-electron chi connectivity index (χ0n) is 12.7. The van der Waals surface area contributed by atoms with E-state index in [1.165, 1.54) is 0 Å². The molecular formula is C13H23N5O3. The molecule has 8 nitrogen and oxygen atoms in total. The number of rotatable bonds is 8. The van der Waals surface area contributed by atoms with Crippen molar-refractivity contribution in [2.75, 3.05) is 63.4 Å². The first-order valence-electron chi connectivity index (χ1n) is 7.28. The summed E-state index contributed by atoms with van der Waals surface area (Å²) in [6.45, 7) is 6.72. The Labute approximate surface area is 124 Å². The molecule has 1 aromatic rings. The van der Waals surface area contributed by atoms with Gasteiger partial charge < -0.3 is 24.4 Å². The number of methoxy groups -OCH3 is 1. The minimum Gasteiger partial charge on any atom is -0.461 e. The first kappa shape index (κ1) is 15.7. The first-order valence-corrected chi connectivity index (χ1v) is 7.28. The number of nitrogens with zero attached hydrogens (tertiary/aromatic N) is 4. The van der Waals surface area contributed by atoms with Crippen LogP contribution in [-0.4, -0.2) is 68.1 Å². The van der Waals surface area contributed by atoms with Gasteiger partial charge in [0.1, 0.15) is 6.61 Å². The van der Waals surface area contributed by atoms with Gasteiger partial charge in [0.15, 0.2) is 0 Å². The number of aromatic nitrogens is 3. The molecule has 0 unspecified atom stereocenters. The molecule has 0 bridgehead atoms. The van der Waals surface area contributed by atoms with Crippen LogP contribution in [0.3, 0.4) is 0 Å². The highest BCUT2D eigenvalue weighted by molar-refractivity contribution is 5.38. The maximum atomic E-state index is 5.51. The summed E-state index contributed by atoms with van der Waals surface area (Å²) in [7, 11) is 1.63. The fraction of sp³-hybridized carbons (Fsp3) is 0.769. The first-order chi connectivity index (χ1) is 10.3. The molecule has 1 aromatic heterocycles. The van der Waals surface area contributed by atoms with Crippen molar-refractivity contribution in [1.29, 1.82) is 0 Å². The van der Waals surface area contributed by atoms with Gasteiger partial charge in [0.05, 0.1) is 19.8 Å². The van der Waals surface area contributed by atoms with Gasteiger partial charge in [0, 0.05) is 26.7 Å². The van der Waals surface area contributed by atoms with Crippen LogP contribution < -0.4 is 15.0 Å². The Morgan fingerprint density at radius 2 is 2.00 bits per heavy atom. The predicted molar refractivity (Wildman–Crippen MR) is 79.0 cm³/mol. The molecule has 1 aliphatic rings. The lowest BCUT2D eigenvalue weighted by atomic mass is 10.4. The minimum atomic E-state index is 0.321. The second-order valence-corrected chi connectivity index (χ2v) is 4.61. The van der Waals surface area contributed by atoms with E-state index in [1.54, 1.807) is 7.11 Å². The second-order valence-electron chi connectivity index (χ2n) is 4.61. The van der Waals surface area contributed by atoms with E-state index < -0.39 is 0 Å². The molecule has 1 N–H and O–H groups in total. The van der Waals surface area contributed by atoms with Gasteiger partial charge in [-0.3, -0.25) is 0 Å². The van der Waals surface area contributed by atoms with Crippen LogP contribution in [0.15, 0.2) is 0 Å². The molecule has 1 aliphatic heterocycles. The number of anilines is 2. The Kier molecular flexibility index (Phi) is 6.42. The number of ether oxygens (including phenoxy) is 3. The van der Waals surface area contributed by atoms with E-state index in [0.717, 1.165) is 26.1 Å². The highest BCUT2D eigenvalue weighted by Crippen LogP contribution is 2.16. The largest absolute Gasteiger partial charge is 0.461 e. The number of morpholine rings is 1. The number of hydrogen-bond acceptors (Lipinski definition) is 8. The van der Waals surface area contributed by atoms with Crippen molar-refractivity contribution in [3.05, 3.63) is 0 Å². The van der Waals surface area contributed by atoms with E-state index in [1.807, 2.05) is 0 Å². The standard InChI is InChI=1S/C13H23N5O3/c1-3-4-14-11-15-12(18-5-7-20-8-6-18)17-13(16-11)21-10-9-19-2/h3-10H2,1-2H3,(H,14,15,16,17). The van der Waals surface area contributed by atoms with Crippen LogP contribution in [0.25, 0.3) is 0 Å². The van der Waals surface area contributed by atoms with Gasteiger partial charge in [-0.25, -0.2) is 0 Å². The highest BCUT2D eigenvalue weighted by Gasteiger charge is 2.17. The molecule has 118 valence electrons.